The van der Waals surface area contributed by atoms with Crippen LogP contribution in [0.2, 0.25) is 0 Å². The number of carbonyl (C=O) groups excluding carboxylic acids is 1. The van der Waals surface area contributed by atoms with Crippen LogP contribution in [0.4, 0.5) is 0 Å². The highest BCUT2D eigenvalue weighted by Gasteiger charge is 2.04. The highest BCUT2D eigenvalue weighted by atomic mass is 16.5. The second kappa shape index (κ2) is 11.5. The summed E-state index contributed by atoms with van der Waals surface area (Å²) in [6, 6.07) is 7.44. The van der Waals surface area contributed by atoms with Gasteiger partial charge in [-0.25, -0.2) is 0 Å². The van der Waals surface area contributed by atoms with Gasteiger partial charge >= 0.3 is 11.9 Å². The van der Waals surface area contributed by atoms with Crippen LogP contribution in [-0.2, 0) is 20.9 Å². The Bertz CT molecular complexity index is 467. The Hall–Kier alpha value is -2.04. The summed E-state index contributed by atoms with van der Waals surface area (Å²) in [6.07, 6.45) is 6.21. The Morgan fingerprint density at radius 3 is 2.04 bits per heavy atom. The first-order valence-electron chi connectivity index (χ1n) is 8.12. The molecule has 0 aliphatic carbocycles. The summed E-state index contributed by atoms with van der Waals surface area (Å²) in [5.41, 5.74) is 0.942. The van der Waals surface area contributed by atoms with E-state index in [9.17, 15) is 9.59 Å². The summed E-state index contributed by atoms with van der Waals surface area (Å²) in [4.78, 5) is 22.0. The number of ether oxygens (including phenoxy) is 2. The molecule has 1 rings (SSSR count). The zero-order chi connectivity index (χ0) is 16.9. The Balaban J connectivity index is 2.00. The number of carboxylic acid groups (broad SMARTS) is 1. The number of hydrogen-bond acceptors (Lipinski definition) is 4. The lowest BCUT2D eigenvalue weighted by Gasteiger charge is -2.06. The van der Waals surface area contributed by atoms with Crippen molar-refractivity contribution >= 4 is 11.9 Å². The second-order valence-corrected chi connectivity index (χ2v) is 5.52. The molecule has 0 spiro atoms. The van der Waals surface area contributed by atoms with E-state index in [2.05, 4.69) is 0 Å². The molecular formula is C18H26O5. The number of carboxylic acids is 1. The molecule has 0 aliphatic heterocycles. The van der Waals surface area contributed by atoms with Crippen LogP contribution in [-0.4, -0.2) is 24.2 Å². The first kappa shape index (κ1) is 19.0. The maximum atomic E-state index is 11.6. The third-order valence-electron chi connectivity index (χ3n) is 3.58. The van der Waals surface area contributed by atoms with E-state index < -0.39 is 5.97 Å². The van der Waals surface area contributed by atoms with Crippen molar-refractivity contribution in [3.05, 3.63) is 29.8 Å². The number of aliphatic carboxylic acids is 1. The monoisotopic (exact) mass is 322 g/mol. The number of esters is 1. The summed E-state index contributed by atoms with van der Waals surface area (Å²) in [5.74, 6) is -0.125. The van der Waals surface area contributed by atoms with Gasteiger partial charge in [0.2, 0.25) is 0 Å². The van der Waals surface area contributed by atoms with Crippen molar-refractivity contribution in [1.82, 2.24) is 0 Å². The average Bonchev–Trinajstić information content (AvgIpc) is 2.55. The standard InChI is InChI=1S/C18H26O5/c1-22-16-12-10-15(11-13-16)14-23-18(21)9-7-5-3-2-4-6-8-17(19)20/h10-13H,2-9,14H2,1H3,(H,19,20). The van der Waals surface area contributed by atoms with Crippen molar-refractivity contribution in [1.29, 1.82) is 0 Å². The summed E-state index contributed by atoms with van der Waals surface area (Å²) < 4.78 is 10.3. The van der Waals surface area contributed by atoms with Gasteiger partial charge in [-0.05, 0) is 30.5 Å². The quantitative estimate of drug-likeness (QED) is 0.466. The fourth-order valence-electron chi connectivity index (χ4n) is 2.21. The fraction of sp³-hybridized carbons (Fsp3) is 0.556. The van der Waals surface area contributed by atoms with Crippen LogP contribution in [0.1, 0.15) is 56.9 Å². The van der Waals surface area contributed by atoms with Gasteiger partial charge in [-0.15, -0.1) is 0 Å². The SMILES string of the molecule is COc1ccc(COC(=O)CCCCCCCCC(=O)O)cc1. The lowest BCUT2D eigenvalue weighted by molar-refractivity contribution is -0.145. The summed E-state index contributed by atoms with van der Waals surface area (Å²) >= 11 is 0. The van der Waals surface area contributed by atoms with E-state index in [-0.39, 0.29) is 19.0 Å². The number of benzene rings is 1. The predicted molar refractivity (Wildman–Crippen MR) is 87.4 cm³/mol. The summed E-state index contributed by atoms with van der Waals surface area (Å²) in [7, 11) is 1.61. The number of unbranched alkanes of at least 4 members (excludes halogenated alkanes) is 5. The largest absolute Gasteiger partial charge is 0.497 e. The molecule has 0 saturated heterocycles. The van der Waals surface area contributed by atoms with Gasteiger partial charge in [0, 0.05) is 12.8 Å². The molecule has 0 atom stereocenters. The van der Waals surface area contributed by atoms with Crippen molar-refractivity contribution < 1.29 is 24.2 Å². The zero-order valence-electron chi connectivity index (χ0n) is 13.8. The van der Waals surface area contributed by atoms with Gasteiger partial charge in [0.1, 0.15) is 12.4 Å². The van der Waals surface area contributed by atoms with E-state index in [1.165, 1.54) is 0 Å². The molecule has 0 fully saturated rings. The maximum Gasteiger partial charge on any atom is 0.306 e. The molecule has 0 aromatic heterocycles. The van der Waals surface area contributed by atoms with E-state index in [0.29, 0.717) is 6.42 Å². The Morgan fingerprint density at radius 2 is 1.48 bits per heavy atom. The molecule has 5 heteroatoms. The highest BCUT2D eigenvalue weighted by molar-refractivity contribution is 5.69. The van der Waals surface area contributed by atoms with E-state index in [0.717, 1.165) is 49.8 Å². The Morgan fingerprint density at radius 1 is 0.913 bits per heavy atom. The van der Waals surface area contributed by atoms with E-state index >= 15 is 0 Å². The number of carbonyl (C=O) groups is 2. The van der Waals surface area contributed by atoms with Crippen LogP contribution in [0.3, 0.4) is 0 Å². The molecule has 0 bridgehead atoms. The van der Waals surface area contributed by atoms with Crippen LogP contribution < -0.4 is 4.74 Å². The first-order valence-corrected chi connectivity index (χ1v) is 8.12. The van der Waals surface area contributed by atoms with Crippen LogP contribution in [0.5, 0.6) is 5.75 Å². The first-order chi connectivity index (χ1) is 11.1. The molecule has 0 unspecified atom stereocenters. The Labute approximate surface area is 137 Å². The molecule has 1 aromatic rings. The van der Waals surface area contributed by atoms with Gasteiger partial charge in [-0.1, -0.05) is 37.8 Å². The number of rotatable bonds is 12. The molecule has 5 nitrogen and oxygen atoms in total. The van der Waals surface area contributed by atoms with Crippen molar-refractivity contribution in [3.8, 4) is 5.75 Å². The highest BCUT2D eigenvalue weighted by Crippen LogP contribution is 2.13. The molecule has 0 saturated carbocycles. The van der Waals surface area contributed by atoms with Gasteiger partial charge in [-0.3, -0.25) is 9.59 Å². The van der Waals surface area contributed by atoms with Crippen molar-refractivity contribution in [2.75, 3.05) is 7.11 Å². The lowest BCUT2D eigenvalue weighted by Crippen LogP contribution is -2.04. The maximum absolute atomic E-state index is 11.6. The number of methoxy groups -OCH3 is 1. The fourth-order valence-corrected chi connectivity index (χ4v) is 2.21. The van der Waals surface area contributed by atoms with Crippen LogP contribution in [0.15, 0.2) is 24.3 Å². The van der Waals surface area contributed by atoms with Crippen molar-refractivity contribution in [3.63, 3.8) is 0 Å². The normalized spacial score (nSPS) is 10.3. The van der Waals surface area contributed by atoms with Crippen molar-refractivity contribution in [2.45, 2.75) is 58.0 Å². The van der Waals surface area contributed by atoms with E-state index in [1.807, 2.05) is 24.3 Å². The lowest BCUT2D eigenvalue weighted by atomic mass is 10.1. The molecule has 1 aromatic carbocycles. The average molecular weight is 322 g/mol. The third kappa shape index (κ3) is 9.55. The van der Waals surface area contributed by atoms with Gasteiger partial charge in [0.05, 0.1) is 7.11 Å². The van der Waals surface area contributed by atoms with Gasteiger partial charge in [-0.2, -0.15) is 0 Å². The second-order valence-electron chi connectivity index (χ2n) is 5.52. The molecule has 0 heterocycles. The molecule has 0 aliphatic rings. The van der Waals surface area contributed by atoms with E-state index in [1.54, 1.807) is 7.11 Å². The molecule has 128 valence electrons. The van der Waals surface area contributed by atoms with Gasteiger partial charge in [0.25, 0.3) is 0 Å². The van der Waals surface area contributed by atoms with E-state index in [4.69, 9.17) is 14.6 Å². The molecule has 0 amide bonds. The summed E-state index contributed by atoms with van der Waals surface area (Å²) in [6.45, 7) is 0.290. The minimum absolute atomic E-state index is 0.174. The Kier molecular flexibility index (Phi) is 9.52. The topological polar surface area (TPSA) is 72.8 Å². The van der Waals surface area contributed by atoms with Gasteiger partial charge < -0.3 is 14.6 Å². The minimum atomic E-state index is -0.732. The zero-order valence-corrected chi connectivity index (χ0v) is 13.8. The summed E-state index contributed by atoms with van der Waals surface area (Å²) in [5, 5.41) is 8.52. The smallest absolute Gasteiger partial charge is 0.306 e. The van der Waals surface area contributed by atoms with Gasteiger partial charge in [0.15, 0.2) is 0 Å². The van der Waals surface area contributed by atoms with Crippen LogP contribution in [0.25, 0.3) is 0 Å². The van der Waals surface area contributed by atoms with Crippen molar-refractivity contribution in [2.24, 2.45) is 0 Å². The predicted octanol–water partition coefficient (Wildman–Crippen LogP) is 3.94. The van der Waals surface area contributed by atoms with Crippen LogP contribution >= 0.6 is 0 Å². The molecule has 1 N–H and O–H groups in total. The van der Waals surface area contributed by atoms with Crippen LogP contribution in [0, 0.1) is 0 Å². The molecule has 23 heavy (non-hydrogen) atoms. The minimum Gasteiger partial charge on any atom is -0.497 e. The molecular weight excluding hydrogens is 296 g/mol. The molecule has 0 radical (unpaired) electrons. The third-order valence-corrected chi connectivity index (χ3v) is 3.58. The number of hydrogen-bond donors (Lipinski definition) is 1.